The molecule has 1 aromatic heterocycles. The number of hydrogen-bond acceptors (Lipinski definition) is 2. The lowest BCUT2D eigenvalue weighted by molar-refractivity contribution is 0.112. The lowest BCUT2D eigenvalue weighted by Crippen LogP contribution is -1.96. The van der Waals surface area contributed by atoms with Crippen molar-refractivity contribution in [2.24, 2.45) is 0 Å². The summed E-state index contributed by atoms with van der Waals surface area (Å²) in [6.45, 7) is 0. The topological polar surface area (TPSA) is 34.9 Å². The number of aldehydes is 1. The highest BCUT2D eigenvalue weighted by Gasteiger charge is 2.05. The molecule has 76 valence electrons. The van der Waals surface area contributed by atoms with Gasteiger partial charge in [-0.2, -0.15) is 5.10 Å². The maximum absolute atomic E-state index is 10.6. The standard InChI is InChI=1S/C10H6BrClN2O/c11-8-4-13-14(5-8)10-3-7(6-15)1-2-9(10)12/h1-6H. The molecule has 0 spiro atoms. The Labute approximate surface area is 99.8 Å². The number of halogens is 2. The molecule has 0 radical (unpaired) electrons. The van der Waals surface area contributed by atoms with Crippen molar-refractivity contribution in [2.75, 3.05) is 0 Å². The number of hydrogen-bond donors (Lipinski definition) is 0. The van der Waals surface area contributed by atoms with Crippen LogP contribution in [0.25, 0.3) is 5.69 Å². The van der Waals surface area contributed by atoms with Crippen LogP contribution in [0.4, 0.5) is 0 Å². The van der Waals surface area contributed by atoms with Gasteiger partial charge in [0.25, 0.3) is 0 Å². The molecule has 0 N–H and O–H groups in total. The number of carbonyl (C=O) groups is 1. The van der Waals surface area contributed by atoms with Gasteiger partial charge < -0.3 is 0 Å². The normalized spacial score (nSPS) is 10.3. The lowest BCUT2D eigenvalue weighted by atomic mass is 10.2. The van der Waals surface area contributed by atoms with Crippen LogP contribution in [0.1, 0.15) is 10.4 Å². The third-order valence-corrected chi connectivity index (χ3v) is 2.63. The predicted molar refractivity (Wildman–Crippen MR) is 61.7 cm³/mol. The molecule has 2 rings (SSSR count). The van der Waals surface area contributed by atoms with Crippen LogP contribution >= 0.6 is 27.5 Å². The first-order chi connectivity index (χ1) is 7.20. The van der Waals surface area contributed by atoms with Crippen LogP contribution in [-0.2, 0) is 0 Å². The van der Waals surface area contributed by atoms with Crippen LogP contribution in [0.5, 0.6) is 0 Å². The second-order valence-electron chi connectivity index (χ2n) is 2.93. The van der Waals surface area contributed by atoms with E-state index in [4.69, 9.17) is 11.6 Å². The van der Waals surface area contributed by atoms with Crippen LogP contribution in [0.15, 0.2) is 35.1 Å². The van der Waals surface area contributed by atoms with E-state index in [9.17, 15) is 4.79 Å². The quantitative estimate of drug-likeness (QED) is 0.795. The van der Waals surface area contributed by atoms with Gasteiger partial charge in [0.05, 0.1) is 21.4 Å². The molecule has 3 nitrogen and oxygen atoms in total. The van der Waals surface area contributed by atoms with E-state index in [0.717, 1.165) is 10.8 Å². The summed E-state index contributed by atoms with van der Waals surface area (Å²) in [4.78, 5) is 10.6. The van der Waals surface area contributed by atoms with Crippen LogP contribution in [0.2, 0.25) is 5.02 Å². The van der Waals surface area contributed by atoms with Gasteiger partial charge in [0.15, 0.2) is 0 Å². The van der Waals surface area contributed by atoms with Crippen molar-refractivity contribution in [3.8, 4) is 5.69 Å². The highest BCUT2D eigenvalue weighted by atomic mass is 79.9. The van der Waals surface area contributed by atoms with Gasteiger partial charge >= 0.3 is 0 Å². The van der Waals surface area contributed by atoms with Crippen molar-refractivity contribution in [3.63, 3.8) is 0 Å². The first-order valence-electron chi connectivity index (χ1n) is 4.16. The van der Waals surface area contributed by atoms with E-state index in [-0.39, 0.29) is 0 Å². The maximum Gasteiger partial charge on any atom is 0.150 e. The first kappa shape index (κ1) is 10.4. The fraction of sp³-hybridized carbons (Fsp3) is 0. The van der Waals surface area contributed by atoms with Crippen LogP contribution < -0.4 is 0 Å². The van der Waals surface area contributed by atoms with Crippen LogP contribution in [0, 0.1) is 0 Å². The van der Waals surface area contributed by atoms with Crippen molar-refractivity contribution < 1.29 is 4.79 Å². The summed E-state index contributed by atoms with van der Waals surface area (Å²) in [6, 6.07) is 5.03. The minimum Gasteiger partial charge on any atom is -0.298 e. The number of rotatable bonds is 2. The van der Waals surface area contributed by atoms with E-state index in [2.05, 4.69) is 21.0 Å². The average Bonchev–Trinajstić information content (AvgIpc) is 2.65. The number of benzene rings is 1. The summed E-state index contributed by atoms with van der Waals surface area (Å²) in [6.07, 6.45) is 4.21. The van der Waals surface area contributed by atoms with Crippen molar-refractivity contribution in [1.29, 1.82) is 0 Å². The lowest BCUT2D eigenvalue weighted by Gasteiger charge is -2.04. The van der Waals surface area contributed by atoms with E-state index in [1.165, 1.54) is 0 Å². The Kier molecular flexibility index (Phi) is 2.88. The second-order valence-corrected chi connectivity index (χ2v) is 4.25. The smallest absolute Gasteiger partial charge is 0.150 e. The van der Waals surface area contributed by atoms with Gasteiger partial charge in [0.1, 0.15) is 6.29 Å². The van der Waals surface area contributed by atoms with E-state index in [1.807, 2.05) is 0 Å². The molecule has 0 aliphatic rings. The SMILES string of the molecule is O=Cc1ccc(Cl)c(-n2cc(Br)cn2)c1. The molecule has 1 heterocycles. The maximum atomic E-state index is 10.6. The summed E-state index contributed by atoms with van der Waals surface area (Å²) < 4.78 is 2.47. The van der Waals surface area contributed by atoms with Crippen LogP contribution in [-0.4, -0.2) is 16.1 Å². The molecule has 1 aromatic carbocycles. The molecule has 0 bridgehead atoms. The zero-order chi connectivity index (χ0) is 10.8. The Bertz CT molecular complexity index is 510. The van der Waals surface area contributed by atoms with Gasteiger partial charge in [-0.05, 0) is 28.1 Å². The zero-order valence-electron chi connectivity index (χ0n) is 7.52. The highest BCUT2D eigenvalue weighted by molar-refractivity contribution is 9.10. The van der Waals surface area contributed by atoms with Crippen molar-refractivity contribution >= 4 is 33.8 Å². The van der Waals surface area contributed by atoms with Gasteiger partial charge in [-0.1, -0.05) is 17.7 Å². The zero-order valence-corrected chi connectivity index (χ0v) is 9.86. The largest absolute Gasteiger partial charge is 0.298 e. The van der Waals surface area contributed by atoms with Gasteiger partial charge in [0, 0.05) is 11.8 Å². The third-order valence-electron chi connectivity index (χ3n) is 1.90. The van der Waals surface area contributed by atoms with E-state index in [0.29, 0.717) is 16.3 Å². The molecule has 0 saturated heterocycles. The van der Waals surface area contributed by atoms with Crippen molar-refractivity contribution in [1.82, 2.24) is 9.78 Å². The molecule has 0 fully saturated rings. The van der Waals surface area contributed by atoms with Gasteiger partial charge in [-0.25, -0.2) is 4.68 Å². The Morgan fingerprint density at radius 3 is 2.87 bits per heavy atom. The number of carbonyl (C=O) groups excluding carboxylic acids is 1. The van der Waals surface area contributed by atoms with E-state index < -0.39 is 0 Å². The predicted octanol–water partition coefficient (Wildman–Crippen LogP) is 3.10. The molecule has 0 aliphatic heterocycles. The second kappa shape index (κ2) is 4.16. The molecule has 0 aliphatic carbocycles. The van der Waals surface area contributed by atoms with Crippen molar-refractivity contribution in [2.45, 2.75) is 0 Å². The first-order valence-corrected chi connectivity index (χ1v) is 5.33. The van der Waals surface area contributed by atoms with E-state index in [1.54, 1.807) is 35.3 Å². The summed E-state index contributed by atoms with van der Waals surface area (Å²) in [5.74, 6) is 0. The minimum absolute atomic E-state index is 0.552. The molecule has 0 unspecified atom stereocenters. The van der Waals surface area contributed by atoms with E-state index >= 15 is 0 Å². The van der Waals surface area contributed by atoms with Crippen molar-refractivity contribution in [3.05, 3.63) is 45.7 Å². The molecular weight excluding hydrogens is 279 g/mol. The monoisotopic (exact) mass is 284 g/mol. The Hall–Kier alpha value is -1.13. The number of aromatic nitrogens is 2. The number of nitrogens with zero attached hydrogens (tertiary/aromatic N) is 2. The Balaban J connectivity index is 2.55. The molecule has 0 amide bonds. The average molecular weight is 286 g/mol. The van der Waals surface area contributed by atoms with Gasteiger partial charge in [0.2, 0.25) is 0 Å². The summed E-state index contributed by atoms with van der Waals surface area (Å²) in [5, 5.41) is 4.64. The molecular formula is C10H6BrClN2O. The minimum atomic E-state index is 0.552. The Morgan fingerprint density at radius 2 is 2.27 bits per heavy atom. The van der Waals surface area contributed by atoms with Gasteiger partial charge in [-0.3, -0.25) is 4.79 Å². The summed E-state index contributed by atoms with van der Waals surface area (Å²) >= 11 is 9.30. The molecule has 2 aromatic rings. The molecule has 15 heavy (non-hydrogen) atoms. The molecule has 0 atom stereocenters. The summed E-state index contributed by atoms with van der Waals surface area (Å²) in [7, 11) is 0. The third kappa shape index (κ3) is 2.11. The van der Waals surface area contributed by atoms with Gasteiger partial charge in [-0.15, -0.1) is 0 Å². The summed E-state index contributed by atoms with van der Waals surface area (Å²) in [5.41, 5.74) is 1.26. The molecule has 5 heteroatoms. The van der Waals surface area contributed by atoms with Crippen LogP contribution in [0.3, 0.4) is 0 Å². The Morgan fingerprint density at radius 1 is 1.47 bits per heavy atom. The molecule has 0 saturated carbocycles. The fourth-order valence-corrected chi connectivity index (χ4v) is 1.70. The fourth-order valence-electron chi connectivity index (χ4n) is 1.21. The highest BCUT2D eigenvalue weighted by Crippen LogP contribution is 2.22.